The lowest BCUT2D eigenvalue weighted by molar-refractivity contribution is -0.253. The van der Waals surface area contributed by atoms with Gasteiger partial charge < -0.3 is 10.5 Å². The number of hydrogen-bond donors (Lipinski definition) is 1. The first-order chi connectivity index (χ1) is 11.9. The second kappa shape index (κ2) is 6.94. The minimum absolute atomic E-state index is 0.0641. The largest absolute Gasteiger partial charge is 0.461 e. The second-order valence-corrected chi connectivity index (χ2v) is 7.32. The van der Waals surface area contributed by atoms with E-state index >= 15 is 0 Å². The normalized spacial score (nSPS) is 12.2. The highest BCUT2D eigenvalue weighted by Gasteiger charge is 2.44. The van der Waals surface area contributed by atoms with Gasteiger partial charge in [-0.25, -0.2) is 8.42 Å². The van der Waals surface area contributed by atoms with Gasteiger partial charge in [-0.2, -0.15) is 17.6 Å². The van der Waals surface area contributed by atoms with Gasteiger partial charge in [-0.05, 0) is 29.8 Å². The lowest BCUT2D eigenvalue weighted by Crippen LogP contribution is -2.33. The van der Waals surface area contributed by atoms with Gasteiger partial charge in [-0.1, -0.05) is 18.2 Å². The fourth-order valence-electron chi connectivity index (χ4n) is 2.15. The maximum atomic E-state index is 13.1. The van der Waals surface area contributed by atoms with E-state index in [1.54, 1.807) is 0 Å². The van der Waals surface area contributed by atoms with Gasteiger partial charge in [0, 0.05) is 17.4 Å². The van der Waals surface area contributed by atoms with Crippen LogP contribution in [0, 0.1) is 0 Å². The zero-order valence-electron chi connectivity index (χ0n) is 13.2. The van der Waals surface area contributed by atoms with E-state index in [-0.39, 0.29) is 21.6 Å². The van der Waals surface area contributed by atoms with E-state index in [2.05, 4.69) is 4.74 Å². The van der Waals surface area contributed by atoms with Crippen molar-refractivity contribution in [2.75, 3.05) is 6.26 Å². The predicted octanol–water partition coefficient (Wildman–Crippen LogP) is 3.09. The van der Waals surface area contributed by atoms with Gasteiger partial charge in [0.15, 0.2) is 9.84 Å². The van der Waals surface area contributed by atoms with Crippen molar-refractivity contribution in [1.82, 2.24) is 0 Å². The van der Waals surface area contributed by atoms with Crippen LogP contribution >= 0.6 is 0 Å². The molecule has 140 valence electrons. The number of hydrogen-bond acceptors (Lipinski definition) is 4. The number of alkyl halides is 4. The molecule has 1 amide bonds. The van der Waals surface area contributed by atoms with Crippen molar-refractivity contribution in [3.05, 3.63) is 48.0 Å². The summed E-state index contributed by atoms with van der Waals surface area (Å²) in [7, 11) is -3.82. The number of rotatable bonds is 6. The number of primary amides is 1. The molecule has 0 aliphatic carbocycles. The number of carbonyl (C=O) groups is 1. The summed E-state index contributed by atoms with van der Waals surface area (Å²) < 4.78 is 78.7. The standard InChI is InChI=1S/C16H13F4NO4S/c1-26(23,24)13-8-10(14(21)22)5-6-12(13)9-3-2-4-11(7-9)25-16(19,20)15(17)18/h2-8,15H,1H3,(H2,21,22). The van der Waals surface area contributed by atoms with Crippen LogP contribution < -0.4 is 10.5 Å². The molecule has 0 spiro atoms. The highest BCUT2D eigenvalue weighted by atomic mass is 32.2. The van der Waals surface area contributed by atoms with Crippen molar-refractivity contribution in [2.45, 2.75) is 17.4 Å². The highest BCUT2D eigenvalue weighted by molar-refractivity contribution is 7.90. The average molecular weight is 391 g/mol. The molecular weight excluding hydrogens is 378 g/mol. The Bertz CT molecular complexity index is 945. The molecule has 2 aromatic carbocycles. The topological polar surface area (TPSA) is 86.5 Å². The average Bonchev–Trinajstić information content (AvgIpc) is 2.53. The van der Waals surface area contributed by atoms with E-state index in [4.69, 9.17) is 5.73 Å². The zero-order valence-corrected chi connectivity index (χ0v) is 14.1. The number of nitrogens with two attached hydrogens (primary N) is 1. The van der Waals surface area contributed by atoms with E-state index in [0.29, 0.717) is 0 Å². The first kappa shape index (κ1) is 19.7. The second-order valence-electron chi connectivity index (χ2n) is 5.34. The van der Waals surface area contributed by atoms with Crippen LogP contribution in [0.1, 0.15) is 10.4 Å². The summed E-state index contributed by atoms with van der Waals surface area (Å²) in [6.45, 7) is 0. The van der Waals surface area contributed by atoms with Crippen molar-refractivity contribution in [1.29, 1.82) is 0 Å². The minimum Gasteiger partial charge on any atom is -0.428 e. The summed E-state index contributed by atoms with van der Waals surface area (Å²) >= 11 is 0. The smallest absolute Gasteiger partial charge is 0.428 e. The number of carbonyl (C=O) groups excluding carboxylic acids is 1. The molecule has 26 heavy (non-hydrogen) atoms. The zero-order chi connectivity index (χ0) is 19.7. The van der Waals surface area contributed by atoms with Crippen LogP contribution in [0.15, 0.2) is 47.4 Å². The van der Waals surface area contributed by atoms with Crippen molar-refractivity contribution < 1.29 is 35.5 Å². The van der Waals surface area contributed by atoms with Gasteiger partial charge in [-0.15, -0.1) is 0 Å². The summed E-state index contributed by atoms with van der Waals surface area (Å²) in [6.07, 6.45) is -7.84. The first-order valence-electron chi connectivity index (χ1n) is 7.01. The Morgan fingerprint density at radius 2 is 1.81 bits per heavy atom. The van der Waals surface area contributed by atoms with E-state index in [1.807, 2.05) is 0 Å². The lowest BCUT2D eigenvalue weighted by Gasteiger charge is -2.17. The molecule has 0 atom stereocenters. The molecule has 0 aliphatic heterocycles. The van der Waals surface area contributed by atoms with Gasteiger partial charge >= 0.3 is 12.5 Å². The number of halogens is 4. The van der Waals surface area contributed by atoms with Gasteiger partial charge in [0.05, 0.1) is 4.90 Å². The van der Waals surface area contributed by atoms with Crippen molar-refractivity contribution in [3.63, 3.8) is 0 Å². The van der Waals surface area contributed by atoms with Crippen LogP contribution in [0.4, 0.5) is 17.6 Å². The number of amides is 1. The van der Waals surface area contributed by atoms with E-state index in [1.165, 1.54) is 24.3 Å². The van der Waals surface area contributed by atoms with Gasteiger partial charge in [0.25, 0.3) is 0 Å². The Morgan fingerprint density at radius 1 is 1.15 bits per heavy atom. The molecule has 0 saturated heterocycles. The SMILES string of the molecule is CS(=O)(=O)c1cc(C(N)=O)ccc1-c1cccc(OC(F)(F)C(F)F)c1. The number of sulfone groups is 1. The molecule has 0 saturated carbocycles. The molecular formula is C16H13F4NO4S. The van der Waals surface area contributed by atoms with Gasteiger partial charge in [0.1, 0.15) is 5.75 Å². The first-order valence-corrected chi connectivity index (χ1v) is 8.90. The van der Waals surface area contributed by atoms with Gasteiger partial charge in [-0.3, -0.25) is 4.79 Å². The molecule has 0 fully saturated rings. The lowest BCUT2D eigenvalue weighted by atomic mass is 10.0. The Morgan fingerprint density at radius 3 is 2.35 bits per heavy atom. The summed E-state index contributed by atoms with van der Waals surface area (Å²) in [6, 6.07) is 8.20. The molecule has 0 heterocycles. The number of benzene rings is 2. The summed E-state index contributed by atoms with van der Waals surface area (Å²) in [5, 5.41) is 0. The quantitative estimate of drug-likeness (QED) is 0.767. The molecule has 2 aromatic rings. The molecule has 10 heteroatoms. The molecule has 0 unspecified atom stereocenters. The monoisotopic (exact) mass is 391 g/mol. The Balaban J connectivity index is 2.56. The fraction of sp³-hybridized carbons (Fsp3) is 0.188. The summed E-state index contributed by atoms with van der Waals surface area (Å²) in [4.78, 5) is 11.0. The molecule has 0 aliphatic rings. The number of ether oxygens (including phenoxy) is 1. The molecule has 2 rings (SSSR count). The summed E-state index contributed by atoms with van der Waals surface area (Å²) in [5.74, 6) is -1.43. The van der Waals surface area contributed by atoms with Crippen molar-refractivity contribution in [2.24, 2.45) is 5.73 Å². The third-order valence-electron chi connectivity index (χ3n) is 3.32. The van der Waals surface area contributed by atoms with Crippen LogP contribution in [-0.2, 0) is 9.84 Å². The molecule has 0 radical (unpaired) electrons. The maximum absolute atomic E-state index is 13.1. The third kappa shape index (κ3) is 4.31. The van der Waals surface area contributed by atoms with Crippen molar-refractivity contribution >= 4 is 15.7 Å². The minimum atomic E-state index is -4.70. The molecule has 0 bridgehead atoms. The predicted molar refractivity (Wildman–Crippen MR) is 85.1 cm³/mol. The third-order valence-corrected chi connectivity index (χ3v) is 4.46. The Hall–Kier alpha value is -2.62. The van der Waals surface area contributed by atoms with E-state index < -0.39 is 34.0 Å². The maximum Gasteiger partial charge on any atom is 0.461 e. The van der Waals surface area contributed by atoms with Crippen LogP contribution in [0.3, 0.4) is 0 Å². The van der Waals surface area contributed by atoms with E-state index in [9.17, 15) is 30.8 Å². The van der Waals surface area contributed by atoms with E-state index in [0.717, 1.165) is 24.5 Å². The fourth-order valence-corrected chi connectivity index (χ4v) is 3.08. The Labute approximate surface area is 146 Å². The van der Waals surface area contributed by atoms with Crippen molar-refractivity contribution in [3.8, 4) is 16.9 Å². The van der Waals surface area contributed by atoms with Crippen LogP contribution in [-0.4, -0.2) is 33.1 Å². The molecule has 2 N–H and O–H groups in total. The Kier molecular flexibility index (Phi) is 5.26. The highest BCUT2D eigenvalue weighted by Crippen LogP contribution is 2.33. The van der Waals surface area contributed by atoms with Crippen LogP contribution in [0.25, 0.3) is 11.1 Å². The van der Waals surface area contributed by atoms with Crippen LogP contribution in [0.2, 0.25) is 0 Å². The van der Waals surface area contributed by atoms with Crippen LogP contribution in [0.5, 0.6) is 5.75 Å². The van der Waals surface area contributed by atoms with Gasteiger partial charge in [0.2, 0.25) is 5.91 Å². The molecule has 0 aromatic heterocycles. The molecule has 5 nitrogen and oxygen atoms in total. The summed E-state index contributed by atoms with van der Waals surface area (Å²) in [5.41, 5.74) is 5.25.